The van der Waals surface area contributed by atoms with Gasteiger partial charge >= 0.3 is 24.5 Å². The number of carbonyl (C=O) groups is 2. The highest BCUT2D eigenvalue weighted by molar-refractivity contribution is 5.75. The first-order chi connectivity index (χ1) is 22.3. The molecule has 1 saturated heterocycles. The van der Waals surface area contributed by atoms with Crippen molar-refractivity contribution in [2.45, 2.75) is 69.6 Å². The van der Waals surface area contributed by atoms with E-state index in [9.17, 15) is 40.3 Å². The molecule has 48 heavy (non-hydrogen) atoms. The van der Waals surface area contributed by atoms with Crippen LogP contribution in [0.4, 0.5) is 40.3 Å². The summed E-state index contributed by atoms with van der Waals surface area (Å²) in [6, 6.07) is 7.83. The number of hydrogen-bond donors (Lipinski definition) is 1. The van der Waals surface area contributed by atoms with Crippen LogP contribution in [0, 0.1) is 11.3 Å². The first kappa shape index (κ1) is 36.5. The number of rotatable bonds is 8. The molecule has 1 aliphatic carbocycles. The number of nitrogens with zero attached hydrogens (tertiary/aromatic N) is 2. The van der Waals surface area contributed by atoms with E-state index < -0.39 is 70.4 Å². The molecule has 6 nitrogen and oxygen atoms in total. The van der Waals surface area contributed by atoms with E-state index in [-0.39, 0.29) is 37.4 Å². The number of allylic oxidation sites excluding steroid dienone is 3. The van der Waals surface area contributed by atoms with Crippen LogP contribution in [0.25, 0.3) is 0 Å². The van der Waals surface area contributed by atoms with Crippen molar-refractivity contribution in [3.8, 4) is 0 Å². The molecular weight excluding hydrogens is 643 g/mol. The van der Waals surface area contributed by atoms with Crippen LogP contribution in [0.5, 0.6) is 0 Å². The molecule has 2 aliphatic rings. The Morgan fingerprint density at radius 2 is 1.71 bits per heavy atom. The lowest BCUT2D eigenvalue weighted by Gasteiger charge is -2.52. The predicted octanol–water partition coefficient (Wildman–Crippen LogP) is 9.00. The fourth-order valence-electron chi connectivity index (χ4n) is 6.90. The molecule has 2 N–H and O–H groups in total. The minimum absolute atomic E-state index is 0.0178. The zero-order chi connectivity index (χ0) is 35.7. The first-order valence-corrected chi connectivity index (χ1v) is 15.3. The van der Waals surface area contributed by atoms with Gasteiger partial charge in [0.15, 0.2) is 0 Å². The van der Waals surface area contributed by atoms with Gasteiger partial charge in [0, 0.05) is 50.2 Å². The second-order valence-corrected chi connectivity index (χ2v) is 12.8. The summed E-state index contributed by atoms with van der Waals surface area (Å²) in [6.07, 6.45) is -4.51. The number of urea groups is 1. The van der Waals surface area contributed by atoms with Crippen molar-refractivity contribution >= 4 is 12.1 Å². The SMILES string of the molecule is C=CC[C@]1(OC(N)=O)CCN(C(=O)N(C)[C@@H](C)c2cc(C(F)(F)F)cc(C(F)(F)F)c2)[C@@H](C2C=CC(F)=CC2(C)Cc2ccccc2)C1. The third-order valence-electron chi connectivity index (χ3n) is 9.38. The summed E-state index contributed by atoms with van der Waals surface area (Å²) >= 11 is 0. The Kier molecular flexibility index (Phi) is 10.4. The minimum Gasteiger partial charge on any atom is -0.443 e. The number of alkyl halides is 6. The molecule has 0 bridgehead atoms. The van der Waals surface area contributed by atoms with Crippen LogP contribution in [-0.4, -0.2) is 47.2 Å². The maximum atomic E-state index is 14.9. The van der Waals surface area contributed by atoms with E-state index >= 15 is 0 Å². The number of halogens is 7. The van der Waals surface area contributed by atoms with Crippen LogP contribution < -0.4 is 5.73 Å². The fourth-order valence-corrected chi connectivity index (χ4v) is 6.90. The molecule has 2 aromatic carbocycles. The molecule has 5 atom stereocenters. The molecule has 4 rings (SSSR count). The van der Waals surface area contributed by atoms with Crippen molar-refractivity contribution in [2.75, 3.05) is 13.6 Å². The summed E-state index contributed by atoms with van der Waals surface area (Å²) in [5.41, 5.74) is 0.893. The van der Waals surface area contributed by atoms with Gasteiger partial charge in [0.25, 0.3) is 0 Å². The van der Waals surface area contributed by atoms with Crippen LogP contribution in [0.1, 0.15) is 61.4 Å². The van der Waals surface area contributed by atoms with Crippen molar-refractivity contribution in [3.63, 3.8) is 0 Å². The molecule has 0 aromatic heterocycles. The normalized spacial score (nSPS) is 25.2. The first-order valence-electron chi connectivity index (χ1n) is 15.3. The van der Waals surface area contributed by atoms with E-state index in [0.717, 1.165) is 10.5 Å². The van der Waals surface area contributed by atoms with Crippen molar-refractivity contribution in [3.05, 3.63) is 107 Å². The smallest absolute Gasteiger partial charge is 0.416 e. The van der Waals surface area contributed by atoms with Crippen molar-refractivity contribution in [1.29, 1.82) is 0 Å². The fraction of sp³-hybridized carbons (Fsp3) is 0.429. The molecule has 1 aliphatic heterocycles. The molecule has 1 heterocycles. The summed E-state index contributed by atoms with van der Waals surface area (Å²) in [6.45, 7) is 6.93. The molecule has 2 unspecified atom stereocenters. The molecule has 3 amide bonds. The summed E-state index contributed by atoms with van der Waals surface area (Å²) < 4.78 is 102. The van der Waals surface area contributed by atoms with Gasteiger partial charge in [-0.2, -0.15) is 26.3 Å². The second-order valence-electron chi connectivity index (χ2n) is 12.8. The van der Waals surface area contributed by atoms with Gasteiger partial charge in [-0.25, -0.2) is 14.0 Å². The minimum atomic E-state index is -5.06. The van der Waals surface area contributed by atoms with Crippen LogP contribution in [0.15, 0.2) is 85.2 Å². The maximum Gasteiger partial charge on any atom is 0.416 e. The van der Waals surface area contributed by atoms with E-state index in [1.807, 2.05) is 37.3 Å². The number of benzene rings is 2. The van der Waals surface area contributed by atoms with Crippen LogP contribution >= 0.6 is 0 Å². The van der Waals surface area contributed by atoms with Crippen LogP contribution in [0.3, 0.4) is 0 Å². The van der Waals surface area contributed by atoms with Gasteiger partial charge < -0.3 is 20.3 Å². The predicted molar refractivity (Wildman–Crippen MR) is 166 cm³/mol. The molecule has 13 heteroatoms. The van der Waals surface area contributed by atoms with Gasteiger partial charge in [0.1, 0.15) is 11.4 Å². The van der Waals surface area contributed by atoms with Gasteiger partial charge in [-0.1, -0.05) is 49.4 Å². The molecule has 0 spiro atoms. The van der Waals surface area contributed by atoms with Crippen LogP contribution in [-0.2, 0) is 23.5 Å². The Morgan fingerprint density at radius 3 is 2.25 bits per heavy atom. The highest BCUT2D eigenvalue weighted by Crippen LogP contribution is 2.47. The molecule has 260 valence electrons. The Labute approximate surface area is 274 Å². The number of nitrogens with two attached hydrogens (primary N) is 1. The van der Waals surface area contributed by atoms with Gasteiger partial charge in [-0.05, 0) is 54.8 Å². The molecular formula is C35H38F7N3O3. The van der Waals surface area contributed by atoms with Gasteiger partial charge in [0.2, 0.25) is 0 Å². The number of likely N-dealkylation sites (tertiary alicyclic amines) is 1. The maximum absolute atomic E-state index is 14.9. The van der Waals surface area contributed by atoms with Gasteiger partial charge in [-0.3, -0.25) is 0 Å². The monoisotopic (exact) mass is 681 g/mol. The largest absolute Gasteiger partial charge is 0.443 e. The number of piperidine rings is 1. The topological polar surface area (TPSA) is 75.9 Å². The number of primary amides is 1. The number of carbonyl (C=O) groups excluding carboxylic acids is 2. The Hall–Kier alpha value is -4.29. The highest BCUT2D eigenvalue weighted by Gasteiger charge is 2.51. The second kappa shape index (κ2) is 13.7. The van der Waals surface area contributed by atoms with E-state index in [2.05, 4.69) is 6.58 Å². The Balaban J connectivity index is 1.77. The Morgan fingerprint density at radius 1 is 1.10 bits per heavy atom. The molecule has 1 fully saturated rings. The average Bonchev–Trinajstić information content (AvgIpc) is 2.99. The standard InChI is InChI=1S/C35H38F7N3O3/c1-5-13-33(48-30(43)46)14-15-45(29(21-33)28-12-11-27(36)20-32(28,3)19-23-9-7-6-8-10-23)31(47)44(4)22(2)24-16-25(34(37,38)39)18-26(17-24)35(40,41)42/h5-12,16-18,20,22,28-29H,1,13-15,19,21H2,2-4H3,(H2,43,46)/t22-,28?,29+,32?,33-/m0/s1. The van der Waals surface area contributed by atoms with Crippen molar-refractivity contribution in [2.24, 2.45) is 17.1 Å². The summed E-state index contributed by atoms with van der Waals surface area (Å²) in [4.78, 5) is 28.9. The quantitative estimate of drug-likeness (QED) is 0.223. The lowest BCUT2D eigenvalue weighted by Crippen LogP contribution is -2.61. The zero-order valence-electron chi connectivity index (χ0n) is 26.7. The number of ether oxygens (including phenoxy) is 1. The third kappa shape index (κ3) is 8.04. The van der Waals surface area contributed by atoms with Crippen LogP contribution in [0.2, 0.25) is 0 Å². The molecule has 2 aromatic rings. The number of hydrogen-bond acceptors (Lipinski definition) is 3. The average molecular weight is 682 g/mol. The van der Waals surface area contributed by atoms with Gasteiger partial charge in [0.05, 0.1) is 17.2 Å². The van der Waals surface area contributed by atoms with E-state index in [0.29, 0.717) is 18.6 Å². The van der Waals surface area contributed by atoms with E-state index in [4.69, 9.17) is 10.5 Å². The molecule has 0 saturated carbocycles. The van der Waals surface area contributed by atoms with Gasteiger partial charge in [-0.15, -0.1) is 6.58 Å². The summed E-state index contributed by atoms with van der Waals surface area (Å²) in [7, 11) is 1.29. The van der Waals surface area contributed by atoms with Crippen molar-refractivity contribution in [1.82, 2.24) is 9.80 Å². The van der Waals surface area contributed by atoms with Crippen molar-refractivity contribution < 1.29 is 45.1 Å². The number of amides is 3. The summed E-state index contributed by atoms with van der Waals surface area (Å²) in [5.74, 6) is -1.06. The molecule has 0 radical (unpaired) electrons. The van der Waals surface area contributed by atoms with E-state index in [1.165, 1.54) is 31.0 Å². The third-order valence-corrected chi connectivity index (χ3v) is 9.38. The lowest BCUT2D eigenvalue weighted by molar-refractivity contribution is -0.143. The zero-order valence-corrected chi connectivity index (χ0v) is 26.7. The summed E-state index contributed by atoms with van der Waals surface area (Å²) in [5, 5.41) is 0. The van der Waals surface area contributed by atoms with E-state index in [1.54, 1.807) is 12.2 Å². The highest BCUT2D eigenvalue weighted by atomic mass is 19.4. The lowest BCUT2D eigenvalue weighted by atomic mass is 9.64. The Bertz CT molecular complexity index is 1540.